The smallest absolute Gasteiger partial charge is 0.337 e. The second-order valence-electron chi connectivity index (χ2n) is 11.5. The van der Waals surface area contributed by atoms with Crippen molar-refractivity contribution in [2.45, 2.75) is 43.7 Å². The topological polar surface area (TPSA) is 81.1 Å². The lowest BCUT2D eigenvalue weighted by Crippen LogP contribution is -2.52. The van der Waals surface area contributed by atoms with Gasteiger partial charge < -0.3 is 9.47 Å². The van der Waals surface area contributed by atoms with Crippen LogP contribution in [0.3, 0.4) is 0 Å². The Hall–Kier alpha value is -3.94. The molecule has 1 fully saturated rings. The lowest BCUT2D eigenvalue weighted by molar-refractivity contribution is -0.147. The molecule has 1 aliphatic rings. The highest BCUT2D eigenvalue weighted by molar-refractivity contribution is 7.90. The molecular weight excluding hydrogens is 626 g/mol. The SMILES string of the molecule is COC(=O)c1ccc([C@@H]2CN(CC(F)(F)C(F)F)CCN2Cc2c(OC)cc(C)c3c2ccn3S(=O)(=O)c2ccc(C)cc2)cc1. The van der Waals surface area contributed by atoms with E-state index in [1.165, 1.54) is 29.3 Å². The average molecular weight is 662 g/mol. The van der Waals surface area contributed by atoms with Crippen molar-refractivity contribution in [2.24, 2.45) is 0 Å². The molecule has 4 aromatic rings. The number of aromatic nitrogens is 1. The molecule has 1 saturated heterocycles. The maximum Gasteiger partial charge on any atom is 0.337 e. The Labute approximate surface area is 265 Å². The molecule has 1 aliphatic heterocycles. The zero-order valence-electron chi connectivity index (χ0n) is 25.8. The molecule has 1 atom stereocenters. The van der Waals surface area contributed by atoms with Crippen molar-refractivity contribution in [3.63, 3.8) is 0 Å². The van der Waals surface area contributed by atoms with Crippen molar-refractivity contribution in [3.8, 4) is 5.75 Å². The number of carbonyl (C=O) groups excluding carboxylic acids is 1. The van der Waals surface area contributed by atoms with Crippen LogP contribution in [0.5, 0.6) is 5.75 Å². The molecular formula is C33H35F4N3O5S. The summed E-state index contributed by atoms with van der Waals surface area (Å²) in [5.74, 6) is -4.20. The van der Waals surface area contributed by atoms with Gasteiger partial charge in [0.25, 0.3) is 10.0 Å². The Kier molecular flexibility index (Phi) is 9.48. The summed E-state index contributed by atoms with van der Waals surface area (Å²) in [5, 5.41) is 0.638. The van der Waals surface area contributed by atoms with E-state index in [4.69, 9.17) is 9.47 Å². The Bertz CT molecular complexity index is 1830. The van der Waals surface area contributed by atoms with E-state index >= 15 is 0 Å². The highest BCUT2D eigenvalue weighted by atomic mass is 32.2. The first kappa shape index (κ1) is 33.4. The van der Waals surface area contributed by atoms with Crippen LogP contribution in [0.25, 0.3) is 10.9 Å². The monoisotopic (exact) mass is 661 g/mol. The van der Waals surface area contributed by atoms with Crippen LogP contribution in [0.1, 0.15) is 38.7 Å². The van der Waals surface area contributed by atoms with Crippen molar-refractivity contribution in [1.82, 2.24) is 13.8 Å². The van der Waals surface area contributed by atoms with Crippen LogP contribution in [-0.2, 0) is 21.3 Å². The quantitative estimate of drug-likeness (QED) is 0.151. The number of halogens is 4. The highest BCUT2D eigenvalue weighted by Gasteiger charge is 2.44. The summed E-state index contributed by atoms with van der Waals surface area (Å²) in [5.41, 5.74) is 3.73. The van der Waals surface area contributed by atoms with Gasteiger partial charge in [0.15, 0.2) is 0 Å². The van der Waals surface area contributed by atoms with Gasteiger partial charge in [-0.1, -0.05) is 29.8 Å². The van der Waals surface area contributed by atoms with Gasteiger partial charge in [0.2, 0.25) is 0 Å². The molecule has 3 aromatic carbocycles. The molecule has 246 valence electrons. The molecule has 0 radical (unpaired) electrons. The van der Waals surface area contributed by atoms with Gasteiger partial charge in [-0.15, -0.1) is 0 Å². The third kappa shape index (κ3) is 6.49. The Morgan fingerprint density at radius 1 is 1.00 bits per heavy atom. The van der Waals surface area contributed by atoms with Gasteiger partial charge in [0, 0.05) is 49.4 Å². The molecule has 0 N–H and O–H groups in total. The molecule has 0 spiro atoms. The van der Waals surface area contributed by atoms with Crippen molar-refractivity contribution in [3.05, 3.63) is 94.7 Å². The molecule has 2 heterocycles. The Morgan fingerprint density at radius 2 is 1.67 bits per heavy atom. The van der Waals surface area contributed by atoms with Gasteiger partial charge in [-0.25, -0.2) is 26.0 Å². The molecule has 0 unspecified atom stereocenters. The van der Waals surface area contributed by atoms with E-state index in [2.05, 4.69) is 0 Å². The second kappa shape index (κ2) is 13.0. The highest BCUT2D eigenvalue weighted by Crippen LogP contribution is 2.38. The summed E-state index contributed by atoms with van der Waals surface area (Å²) < 4.78 is 93.6. The first-order chi connectivity index (χ1) is 21.8. The van der Waals surface area contributed by atoms with Crippen LogP contribution in [0, 0.1) is 13.8 Å². The molecule has 13 heteroatoms. The van der Waals surface area contributed by atoms with Gasteiger partial charge in [-0.2, -0.15) is 8.78 Å². The molecule has 0 saturated carbocycles. The van der Waals surface area contributed by atoms with Gasteiger partial charge in [0.05, 0.1) is 36.7 Å². The minimum atomic E-state index is -4.18. The number of ether oxygens (including phenoxy) is 2. The largest absolute Gasteiger partial charge is 0.496 e. The maximum atomic E-state index is 14.1. The summed E-state index contributed by atoms with van der Waals surface area (Å²) in [4.78, 5) is 15.5. The number of piperazine rings is 1. The van der Waals surface area contributed by atoms with Crippen LogP contribution < -0.4 is 4.74 Å². The molecule has 0 aliphatic carbocycles. The zero-order valence-corrected chi connectivity index (χ0v) is 26.7. The summed E-state index contributed by atoms with van der Waals surface area (Å²) in [6, 6.07) is 16.0. The number of rotatable bonds is 10. The molecule has 8 nitrogen and oxygen atoms in total. The maximum absolute atomic E-state index is 14.1. The lowest BCUT2D eigenvalue weighted by Gasteiger charge is -2.42. The van der Waals surface area contributed by atoms with Crippen LogP contribution in [-0.4, -0.2) is 80.9 Å². The predicted octanol–water partition coefficient (Wildman–Crippen LogP) is 6.05. The molecule has 0 amide bonds. The Morgan fingerprint density at radius 3 is 2.28 bits per heavy atom. The number of aryl methyl sites for hydroxylation is 2. The van der Waals surface area contributed by atoms with E-state index in [0.29, 0.717) is 38.9 Å². The number of hydrogen-bond acceptors (Lipinski definition) is 7. The zero-order chi connectivity index (χ0) is 33.4. The Balaban J connectivity index is 1.55. The van der Waals surface area contributed by atoms with Crippen molar-refractivity contribution < 1.29 is 40.2 Å². The van der Waals surface area contributed by atoms with Gasteiger partial charge in [0.1, 0.15) is 5.75 Å². The predicted molar refractivity (Wildman–Crippen MR) is 165 cm³/mol. The average Bonchev–Trinajstić information content (AvgIpc) is 3.50. The van der Waals surface area contributed by atoms with E-state index in [0.717, 1.165) is 5.56 Å². The lowest BCUT2D eigenvalue weighted by atomic mass is 9.98. The summed E-state index contributed by atoms with van der Waals surface area (Å²) in [6.45, 7) is 3.14. The molecule has 46 heavy (non-hydrogen) atoms. The molecule has 0 bridgehead atoms. The van der Waals surface area contributed by atoms with Crippen LogP contribution >= 0.6 is 0 Å². The number of fused-ring (bicyclic) bond motifs is 1. The normalized spacial score (nSPS) is 16.7. The summed E-state index contributed by atoms with van der Waals surface area (Å²) in [7, 11) is -1.17. The van der Waals surface area contributed by atoms with Crippen molar-refractivity contribution in [1.29, 1.82) is 0 Å². The third-order valence-electron chi connectivity index (χ3n) is 8.40. The van der Waals surface area contributed by atoms with Crippen molar-refractivity contribution in [2.75, 3.05) is 40.4 Å². The van der Waals surface area contributed by atoms with Crippen LogP contribution in [0.15, 0.2) is 71.8 Å². The van der Waals surface area contributed by atoms with Crippen molar-refractivity contribution >= 4 is 26.9 Å². The minimum absolute atomic E-state index is 0.0139. The van der Waals surface area contributed by atoms with E-state index < -0.39 is 40.9 Å². The second-order valence-corrected chi connectivity index (χ2v) is 13.3. The number of nitrogens with zero attached hydrogens (tertiary/aromatic N) is 3. The number of alkyl halides is 4. The molecule has 5 rings (SSSR count). The number of benzene rings is 3. The van der Waals surface area contributed by atoms with Gasteiger partial charge >= 0.3 is 18.3 Å². The first-order valence-corrected chi connectivity index (χ1v) is 16.0. The number of esters is 1. The van der Waals surface area contributed by atoms with E-state index in [1.807, 2.05) is 11.8 Å². The van der Waals surface area contributed by atoms with Gasteiger partial charge in [-0.3, -0.25) is 9.80 Å². The molecule has 1 aromatic heterocycles. The number of hydrogen-bond donors (Lipinski definition) is 0. The van der Waals surface area contributed by atoms with E-state index in [-0.39, 0.29) is 31.1 Å². The standard InChI is InChI=1S/C33H35F4N3O5S/c1-21-5-11-25(12-6-21)46(42,43)40-14-13-26-27(29(44-3)17-22(2)30(26)40)18-39-16-15-38(20-33(36,37)32(34)35)19-28(39)23-7-9-24(10-8-23)31(41)45-4/h5-14,17,28,32H,15-16,18-20H2,1-4H3/t28-/m0/s1. The first-order valence-electron chi connectivity index (χ1n) is 14.6. The number of methoxy groups -OCH3 is 2. The van der Waals surface area contributed by atoms with Crippen LogP contribution in [0.2, 0.25) is 0 Å². The van der Waals surface area contributed by atoms with Gasteiger partial charge in [-0.05, 0) is 61.4 Å². The number of carbonyl (C=O) groups is 1. The fraction of sp³-hybridized carbons (Fsp3) is 0.364. The van der Waals surface area contributed by atoms with E-state index in [1.54, 1.807) is 67.6 Å². The van der Waals surface area contributed by atoms with Crippen LogP contribution in [0.4, 0.5) is 17.6 Å². The fourth-order valence-electron chi connectivity index (χ4n) is 5.95. The third-order valence-corrected chi connectivity index (χ3v) is 10.1. The minimum Gasteiger partial charge on any atom is -0.496 e. The summed E-state index contributed by atoms with van der Waals surface area (Å²) in [6.07, 6.45) is -2.29. The summed E-state index contributed by atoms with van der Waals surface area (Å²) >= 11 is 0. The fourth-order valence-corrected chi connectivity index (χ4v) is 7.36. The van der Waals surface area contributed by atoms with E-state index in [9.17, 15) is 30.8 Å².